The minimum atomic E-state index is -0.490. The summed E-state index contributed by atoms with van der Waals surface area (Å²) in [4.78, 5) is 26.8. The minimum absolute atomic E-state index is 0.142. The van der Waals surface area contributed by atoms with Crippen LogP contribution in [0.25, 0.3) is 6.08 Å². The third-order valence-corrected chi connectivity index (χ3v) is 6.61. The van der Waals surface area contributed by atoms with Gasteiger partial charge in [-0.2, -0.15) is 5.26 Å². The van der Waals surface area contributed by atoms with Gasteiger partial charge in [0.25, 0.3) is 11.1 Å². The van der Waals surface area contributed by atoms with Gasteiger partial charge in [0, 0.05) is 16.7 Å². The summed E-state index contributed by atoms with van der Waals surface area (Å²) < 4.78 is 25.7. The number of allylic oxidation sites excluding steroid dienone is 1. The number of methoxy groups -OCH3 is 1. The number of imide groups is 1. The fraction of sp³-hybridized carbons (Fsp3) is 0.138. The normalized spacial score (nSPS) is 14.1. The van der Waals surface area contributed by atoms with Crippen LogP contribution in [0.1, 0.15) is 27.8 Å². The molecule has 0 aromatic heterocycles. The van der Waals surface area contributed by atoms with Gasteiger partial charge in [0.05, 0.1) is 30.2 Å². The molecule has 0 unspecified atom stereocenters. The van der Waals surface area contributed by atoms with E-state index in [9.17, 15) is 19.2 Å². The lowest BCUT2D eigenvalue weighted by Crippen LogP contribution is -2.27. The highest BCUT2D eigenvalue weighted by Crippen LogP contribution is 2.38. The molecule has 8 heteroatoms. The number of benzene rings is 3. The van der Waals surface area contributed by atoms with Crippen LogP contribution in [0.2, 0.25) is 0 Å². The first-order valence-electron chi connectivity index (χ1n) is 11.4. The molecule has 37 heavy (non-hydrogen) atoms. The number of carbonyl (C=O) groups is 2. The fourth-order valence-corrected chi connectivity index (χ4v) is 4.72. The Morgan fingerprint density at radius 2 is 1.81 bits per heavy atom. The topological polar surface area (TPSA) is 79.6 Å². The Hall–Kier alpha value is -4.35. The van der Waals surface area contributed by atoms with Gasteiger partial charge in [0.2, 0.25) is 0 Å². The predicted molar refractivity (Wildman–Crippen MR) is 140 cm³/mol. The quantitative estimate of drug-likeness (QED) is 0.248. The Balaban J connectivity index is 1.61. The van der Waals surface area contributed by atoms with Gasteiger partial charge in [0.15, 0.2) is 11.5 Å². The number of nitrogens with zero attached hydrogens (tertiary/aromatic N) is 2. The number of hydrogen-bond acceptors (Lipinski definition) is 6. The number of rotatable bonds is 9. The van der Waals surface area contributed by atoms with Gasteiger partial charge in [-0.3, -0.25) is 14.5 Å². The SMILES string of the molecule is C=CCc1cc(/C=C2\SC(=O)N(Cc3ccccc3F)C2=O)cc(OC)c1OCc1ccccc1C#N. The van der Waals surface area contributed by atoms with Crippen molar-refractivity contribution in [2.45, 2.75) is 19.6 Å². The second-order valence-electron chi connectivity index (χ2n) is 8.12. The van der Waals surface area contributed by atoms with E-state index in [1.165, 1.54) is 13.2 Å². The molecule has 0 bridgehead atoms. The zero-order chi connectivity index (χ0) is 26.4. The van der Waals surface area contributed by atoms with E-state index in [-0.39, 0.29) is 23.6 Å². The van der Waals surface area contributed by atoms with Crippen LogP contribution in [0, 0.1) is 17.1 Å². The molecule has 3 aromatic carbocycles. The van der Waals surface area contributed by atoms with Crippen LogP contribution in [0.4, 0.5) is 9.18 Å². The van der Waals surface area contributed by atoms with Gasteiger partial charge in [0.1, 0.15) is 12.4 Å². The molecule has 0 radical (unpaired) electrons. The maximum atomic E-state index is 14.1. The van der Waals surface area contributed by atoms with E-state index < -0.39 is 17.0 Å². The molecule has 0 aliphatic carbocycles. The molecule has 1 saturated heterocycles. The Morgan fingerprint density at radius 1 is 1.08 bits per heavy atom. The van der Waals surface area contributed by atoms with Gasteiger partial charge in [-0.05, 0) is 54.1 Å². The lowest BCUT2D eigenvalue weighted by molar-refractivity contribution is -0.123. The highest BCUT2D eigenvalue weighted by atomic mass is 32.2. The largest absolute Gasteiger partial charge is 0.493 e. The highest BCUT2D eigenvalue weighted by molar-refractivity contribution is 8.18. The standard InChI is InChI=1S/C29H23FN2O4S/c1-3-8-20-13-19(14-25(35-2)27(20)36-18-23-11-5-4-9-21(23)16-31)15-26-28(33)32(29(34)37-26)17-22-10-6-7-12-24(22)30/h3-7,9-15H,1,8,17-18H2,2H3/b26-15-. The molecule has 4 rings (SSSR count). The van der Waals surface area contributed by atoms with Crippen molar-refractivity contribution in [2.24, 2.45) is 0 Å². The average molecular weight is 515 g/mol. The van der Waals surface area contributed by atoms with Crippen LogP contribution in [0.3, 0.4) is 0 Å². The number of halogens is 1. The van der Waals surface area contributed by atoms with Crippen LogP contribution in [-0.2, 0) is 24.4 Å². The van der Waals surface area contributed by atoms with Gasteiger partial charge in [-0.15, -0.1) is 6.58 Å². The number of nitriles is 1. The average Bonchev–Trinajstić information content (AvgIpc) is 3.16. The number of carbonyl (C=O) groups excluding carboxylic acids is 2. The highest BCUT2D eigenvalue weighted by Gasteiger charge is 2.35. The zero-order valence-electron chi connectivity index (χ0n) is 20.1. The van der Waals surface area contributed by atoms with Crippen molar-refractivity contribution in [3.8, 4) is 17.6 Å². The third-order valence-electron chi connectivity index (χ3n) is 5.71. The number of amides is 2. The van der Waals surface area contributed by atoms with Crippen LogP contribution in [0.15, 0.2) is 78.2 Å². The number of thioether (sulfide) groups is 1. The summed E-state index contributed by atoms with van der Waals surface area (Å²) in [6, 6.07) is 18.9. The smallest absolute Gasteiger partial charge is 0.293 e. The molecule has 186 valence electrons. The second kappa shape index (κ2) is 11.6. The summed E-state index contributed by atoms with van der Waals surface area (Å²) in [5, 5.41) is 8.89. The molecule has 1 heterocycles. The van der Waals surface area contributed by atoms with E-state index in [0.29, 0.717) is 29.0 Å². The first kappa shape index (κ1) is 25.7. The molecule has 0 saturated carbocycles. The Kier molecular flexibility index (Phi) is 8.06. The van der Waals surface area contributed by atoms with Gasteiger partial charge in [-0.25, -0.2) is 4.39 Å². The van der Waals surface area contributed by atoms with Gasteiger partial charge < -0.3 is 9.47 Å². The molecule has 0 atom stereocenters. The van der Waals surface area contributed by atoms with Crippen molar-refractivity contribution < 1.29 is 23.5 Å². The molecule has 1 aliphatic rings. The maximum absolute atomic E-state index is 14.1. The molecular weight excluding hydrogens is 491 g/mol. The van der Waals surface area contributed by atoms with Crippen LogP contribution in [0.5, 0.6) is 11.5 Å². The lowest BCUT2D eigenvalue weighted by Gasteiger charge is -2.16. The number of hydrogen-bond donors (Lipinski definition) is 0. The summed E-state index contributed by atoms with van der Waals surface area (Å²) in [7, 11) is 1.51. The van der Waals surface area contributed by atoms with E-state index in [4.69, 9.17) is 9.47 Å². The minimum Gasteiger partial charge on any atom is -0.493 e. The van der Waals surface area contributed by atoms with Crippen LogP contribution < -0.4 is 9.47 Å². The first-order chi connectivity index (χ1) is 17.9. The van der Waals surface area contributed by atoms with E-state index in [2.05, 4.69) is 12.6 Å². The summed E-state index contributed by atoms with van der Waals surface area (Å²) in [6.45, 7) is 3.84. The molecular formula is C29H23FN2O4S. The van der Waals surface area contributed by atoms with Crippen molar-refractivity contribution in [2.75, 3.05) is 7.11 Å². The predicted octanol–water partition coefficient (Wildman–Crippen LogP) is 6.25. The lowest BCUT2D eigenvalue weighted by atomic mass is 10.0. The Bertz CT molecular complexity index is 1440. The molecule has 2 amide bonds. The monoisotopic (exact) mass is 514 g/mol. The Labute approximate surface area is 218 Å². The van der Waals surface area contributed by atoms with E-state index in [1.54, 1.807) is 48.6 Å². The summed E-state index contributed by atoms with van der Waals surface area (Å²) in [5.74, 6) is -0.0289. The van der Waals surface area contributed by atoms with Crippen molar-refractivity contribution in [3.05, 3.63) is 112 Å². The van der Waals surface area contributed by atoms with Crippen LogP contribution >= 0.6 is 11.8 Å². The summed E-state index contributed by atoms with van der Waals surface area (Å²) in [5.41, 5.74) is 2.93. The van der Waals surface area contributed by atoms with E-state index in [0.717, 1.165) is 27.8 Å². The first-order valence-corrected chi connectivity index (χ1v) is 12.2. The zero-order valence-corrected chi connectivity index (χ0v) is 20.9. The molecule has 1 aliphatic heterocycles. The van der Waals surface area contributed by atoms with Crippen molar-refractivity contribution in [1.82, 2.24) is 4.90 Å². The van der Waals surface area contributed by atoms with E-state index in [1.807, 2.05) is 18.2 Å². The molecule has 1 fully saturated rings. The summed E-state index contributed by atoms with van der Waals surface area (Å²) in [6.07, 6.45) is 3.79. The fourth-order valence-electron chi connectivity index (χ4n) is 3.88. The van der Waals surface area contributed by atoms with Crippen molar-refractivity contribution >= 4 is 29.0 Å². The van der Waals surface area contributed by atoms with Gasteiger partial charge >= 0.3 is 0 Å². The Morgan fingerprint density at radius 3 is 2.51 bits per heavy atom. The molecule has 0 spiro atoms. The number of ether oxygens (including phenoxy) is 2. The molecule has 0 N–H and O–H groups in total. The molecule has 6 nitrogen and oxygen atoms in total. The van der Waals surface area contributed by atoms with Crippen LogP contribution in [-0.4, -0.2) is 23.2 Å². The second-order valence-corrected chi connectivity index (χ2v) is 9.11. The maximum Gasteiger partial charge on any atom is 0.293 e. The molecule has 3 aromatic rings. The van der Waals surface area contributed by atoms with Crippen molar-refractivity contribution in [1.29, 1.82) is 5.26 Å². The van der Waals surface area contributed by atoms with Crippen molar-refractivity contribution in [3.63, 3.8) is 0 Å². The summed E-state index contributed by atoms with van der Waals surface area (Å²) >= 11 is 0.803. The van der Waals surface area contributed by atoms with E-state index >= 15 is 0 Å². The third kappa shape index (κ3) is 5.74. The van der Waals surface area contributed by atoms with Gasteiger partial charge in [-0.1, -0.05) is 42.5 Å².